The molecular weight excluding hydrogens is 472 g/mol. The number of carbonyl (C=O) groups is 3. The zero-order chi connectivity index (χ0) is 26.6. The van der Waals surface area contributed by atoms with Crippen LogP contribution in [-0.2, 0) is 32.0 Å². The number of hydrogen-bond acceptors (Lipinski definition) is 6. The number of aryl methyl sites for hydroxylation is 1. The Morgan fingerprint density at radius 2 is 1.57 bits per heavy atom. The second-order valence-corrected chi connectivity index (χ2v) is 9.30. The monoisotopic (exact) mass is 510 g/mol. The first-order chi connectivity index (χ1) is 17.9. The highest BCUT2D eigenvalue weighted by Gasteiger charge is 2.27. The fourth-order valence-corrected chi connectivity index (χ4v) is 4.56. The molecule has 200 valence electrons. The van der Waals surface area contributed by atoms with Gasteiger partial charge in [-0.25, -0.2) is 4.79 Å². The van der Waals surface area contributed by atoms with Crippen LogP contribution in [0.4, 0.5) is 0 Å². The van der Waals surface area contributed by atoms with Crippen LogP contribution in [0.5, 0.6) is 11.5 Å². The van der Waals surface area contributed by atoms with Gasteiger partial charge in [0.2, 0.25) is 11.8 Å². The van der Waals surface area contributed by atoms with Crippen molar-refractivity contribution in [1.82, 2.24) is 10.2 Å². The second kappa shape index (κ2) is 14.3. The topological polar surface area (TPSA) is 94.2 Å². The van der Waals surface area contributed by atoms with E-state index in [2.05, 4.69) is 5.32 Å². The van der Waals surface area contributed by atoms with Crippen molar-refractivity contribution >= 4 is 17.8 Å². The van der Waals surface area contributed by atoms with Crippen molar-refractivity contribution in [3.05, 3.63) is 59.7 Å². The molecule has 1 fully saturated rings. The third-order valence-electron chi connectivity index (χ3n) is 6.72. The minimum Gasteiger partial charge on any atom is -0.497 e. The van der Waals surface area contributed by atoms with Gasteiger partial charge in [0.15, 0.2) is 0 Å². The first kappa shape index (κ1) is 28.0. The molecule has 1 aliphatic rings. The molecule has 2 aromatic carbocycles. The van der Waals surface area contributed by atoms with Crippen molar-refractivity contribution < 1.29 is 28.6 Å². The molecule has 2 aromatic rings. The molecule has 0 bridgehead atoms. The highest BCUT2D eigenvalue weighted by atomic mass is 16.5. The summed E-state index contributed by atoms with van der Waals surface area (Å²) < 4.78 is 15.5. The van der Waals surface area contributed by atoms with Gasteiger partial charge in [-0.05, 0) is 67.5 Å². The van der Waals surface area contributed by atoms with Gasteiger partial charge < -0.3 is 24.4 Å². The summed E-state index contributed by atoms with van der Waals surface area (Å²) in [5, 5.41) is 2.84. The molecule has 1 heterocycles. The zero-order valence-corrected chi connectivity index (χ0v) is 22.0. The Labute approximate surface area is 219 Å². The van der Waals surface area contributed by atoms with Gasteiger partial charge in [0.1, 0.15) is 17.5 Å². The summed E-state index contributed by atoms with van der Waals surface area (Å²) in [7, 11) is 2.91. The van der Waals surface area contributed by atoms with Crippen molar-refractivity contribution in [1.29, 1.82) is 0 Å². The van der Waals surface area contributed by atoms with E-state index < -0.39 is 12.0 Å². The third-order valence-corrected chi connectivity index (χ3v) is 6.72. The smallest absolute Gasteiger partial charge is 0.328 e. The molecule has 1 atom stereocenters. The SMILES string of the molecule is CCOc1ccc(CCC(=O)N2CCC(CC(=O)NC(Cc3ccc(OC)cc3)C(=O)OC)CC2)cc1. The first-order valence-electron chi connectivity index (χ1n) is 12.9. The van der Waals surface area contributed by atoms with Gasteiger partial charge in [0, 0.05) is 32.4 Å². The highest BCUT2D eigenvalue weighted by molar-refractivity contribution is 5.84. The average Bonchev–Trinajstić information content (AvgIpc) is 2.92. The van der Waals surface area contributed by atoms with Gasteiger partial charge in [-0.3, -0.25) is 9.59 Å². The lowest BCUT2D eigenvalue weighted by Crippen LogP contribution is -2.44. The lowest BCUT2D eigenvalue weighted by molar-refractivity contribution is -0.145. The first-order valence-corrected chi connectivity index (χ1v) is 12.9. The molecule has 2 amide bonds. The molecule has 37 heavy (non-hydrogen) atoms. The number of piperidine rings is 1. The van der Waals surface area contributed by atoms with E-state index in [9.17, 15) is 14.4 Å². The highest BCUT2D eigenvalue weighted by Crippen LogP contribution is 2.22. The molecule has 8 heteroatoms. The number of hydrogen-bond donors (Lipinski definition) is 1. The molecule has 0 aromatic heterocycles. The minimum atomic E-state index is -0.754. The summed E-state index contributed by atoms with van der Waals surface area (Å²) in [6, 6.07) is 14.5. The fraction of sp³-hybridized carbons (Fsp3) is 0.483. The maximum Gasteiger partial charge on any atom is 0.328 e. The number of benzene rings is 2. The van der Waals surface area contributed by atoms with E-state index in [1.54, 1.807) is 7.11 Å². The predicted molar refractivity (Wildman–Crippen MR) is 140 cm³/mol. The average molecular weight is 511 g/mol. The fourth-order valence-electron chi connectivity index (χ4n) is 4.56. The van der Waals surface area contributed by atoms with Crippen molar-refractivity contribution in [3.8, 4) is 11.5 Å². The number of ether oxygens (including phenoxy) is 3. The van der Waals surface area contributed by atoms with Crippen molar-refractivity contribution in [2.75, 3.05) is 33.9 Å². The second-order valence-electron chi connectivity index (χ2n) is 9.30. The van der Waals surface area contributed by atoms with Crippen molar-refractivity contribution in [3.63, 3.8) is 0 Å². The Morgan fingerprint density at radius 1 is 0.946 bits per heavy atom. The number of nitrogens with zero attached hydrogens (tertiary/aromatic N) is 1. The summed E-state index contributed by atoms with van der Waals surface area (Å²) in [5.41, 5.74) is 2.01. The van der Waals surface area contributed by atoms with Crippen LogP contribution in [0.2, 0.25) is 0 Å². The van der Waals surface area contributed by atoms with Crippen LogP contribution in [0, 0.1) is 5.92 Å². The summed E-state index contributed by atoms with van der Waals surface area (Å²) in [6.45, 7) is 3.87. The maximum atomic E-state index is 12.7. The van der Waals surface area contributed by atoms with Gasteiger partial charge in [-0.1, -0.05) is 24.3 Å². The number of likely N-dealkylation sites (tertiary alicyclic amines) is 1. The molecule has 0 radical (unpaired) electrons. The molecular formula is C29H38N2O6. The van der Waals surface area contributed by atoms with E-state index in [1.165, 1.54) is 7.11 Å². The van der Waals surface area contributed by atoms with E-state index in [1.807, 2.05) is 60.4 Å². The largest absolute Gasteiger partial charge is 0.497 e. The third kappa shape index (κ3) is 8.81. The quantitative estimate of drug-likeness (QED) is 0.439. The van der Waals surface area contributed by atoms with Gasteiger partial charge in [0.25, 0.3) is 0 Å². The Hall–Kier alpha value is -3.55. The van der Waals surface area contributed by atoms with Crippen LogP contribution < -0.4 is 14.8 Å². The zero-order valence-electron chi connectivity index (χ0n) is 22.0. The summed E-state index contributed by atoms with van der Waals surface area (Å²) in [5.74, 6) is 1.23. The Morgan fingerprint density at radius 3 is 2.16 bits per heavy atom. The van der Waals surface area contributed by atoms with E-state index >= 15 is 0 Å². The minimum absolute atomic E-state index is 0.141. The number of rotatable bonds is 12. The van der Waals surface area contributed by atoms with Gasteiger partial charge in [-0.2, -0.15) is 0 Å². The van der Waals surface area contributed by atoms with E-state index in [0.717, 1.165) is 35.5 Å². The molecule has 0 aliphatic carbocycles. The van der Waals surface area contributed by atoms with Crippen LogP contribution in [0.25, 0.3) is 0 Å². The lowest BCUT2D eigenvalue weighted by Gasteiger charge is -2.32. The molecule has 3 rings (SSSR count). The van der Waals surface area contributed by atoms with E-state index in [4.69, 9.17) is 14.2 Å². The lowest BCUT2D eigenvalue weighted by atomic mass is 9.92. The summed E-state index contributed by atoms with van der Waals surface area (Å²) in [4.78, 5) is 39.6. The molecule has 0 saturated carbocycles. The van der Waals surface area contributed by atoms with Gasteiger partial charge >= 0.3 is 5.97 Å². The van der Waals surface area contributed by atoms with Crippen molar-refractivity contribution in [2.45, 2.75) is 51.5 Å². The molecule has 1 unspecified atom stereocenters. The standard InChI is InChI=1S/C29H38N2O6/c1-4-37-25-12-5-21(6-13-25)9-14-28(33)31-17-15-23(16-18-31)20-27(32)30-26(29(34)36-3)19-22-7-10-24(35-2)11-8-22/h5-8,10-13,23,26H,4,9,14-20H2,1-3H3,(H,30,32). The van der Waals surface area contributed by atoms with Crippen LogP contribution in [0.1, 0.15) is 43.7 Å². The van der Waals surface area contributed by atoms with Crippen LogP contribution in [0.3, 0.4) is 0 Å². The maximum absolute atomic E-state index is 12.7. The van der Waals surface area contributed by atoms with Gasteiger partial charge in [0.05, 0.1) is 20.8 Å². The number of amides is 2. The van der Waals surface area contributed by atoms with E-state index in [-0.39, 0.29) is 17.7 Å². The van der Waals surface area contributed by atoms with E-state index in [0.29, 0.717) is 45.4 Å². The molecule has 0 spiro atoms. The van der Waals surface area contributed by atoms with Crippen molar-refractivity contribution in [2.24, 2.45) is 5.92 Å². The predicted octanol–water partition coefficient (Wildman–Crippen LogP) is 3.56. The molecule has 1 aliphatic heterocycles. The Balaban J connectivity index is 1.42. The molecule has 1 N–H and O–H groups in total. The Kier molecular flexibility index (Phi) is 10.8. The molecule has 1 saturated heterocycles. The number of nitrogens with one attached hydrogen (secondary N) is 1. The number of carbonyl (C=O) groups excluding carboxylic acids is 3. The molecule has 8 nitrogen and oxygen atoms in total. The van der Waals surface area contributed by atoms with Crippen LogP contribution >= 0.6 is 0 Å². The summed E-state index contributed by atoms with van der Waals surface area (Å²) in [6.07, 6.45) is 3.35. The van der Waals surface area contributed by atoms with Crippen LogP contribution in [-0.4, -0.2) is 62.6 Å². The summed E-state index contributed by atoms with van der Waals surface area (Å²) >= 11 is 0. The normalized spacial score (nSPS) is 14.5. The number of esters is 1. The number of methoxy groups -OCH3 is 2. The van der Waals surface area contributed by atoms with Gasteiger partial charge in [-0.15, -0.1) is 0 Å². The van der Waals surface area contributed by atoms with Crippen LogP contribution in [0.15, 0.2) is 48.5 Å². The Bertz CT molecular complexity index is 1010.